The summed E-state index contributed by atoms with van der Waals surface area (Å²) < 4.78 is 5.51. The standard InChI is InChI=1S/C21H42N4O3/c1-7-22-19(23-14-17(10-12-26)13-16(2)3)24-18-9-8-11-25(15-18)20(27)28-21(4,5)6/h16-18,26H,7-15H2,1-6H3,(H2,22,23,24). The van der Waals surface area contributed by atoms with Crippen LogP contribution in [-0.2, 0) is 4.74 Å². The van der Waals surface area contributed by atoms with E-state index in [0.29, 0.717) is 24.9 Å². The Balaban J connectivity index is 2.67. The number of hydrogen-bond acceptors (Lipinski definition) is 4. The molecule has 7 heteroatoms. The van der Waals surface area contributed by atoms with Gasteiger partial charge < -0.3 is 25.4 Å². The minimum atomic E-state index is -0.480. The highest BCUT2D eigenvalue weighted by Gasteiger charge is 2.28. The summed E-state index contributed by atoms with van der Waals surface area (Å²) >= 11 is 0. The summed E-state index contributed by atoms with van der Waals surface area (Å²) in [6, 6.07) is 0.153. The molecule has 1 heterocycles. The molecule has 2 unspecified atom stereocenters. The highest BCUT2D eigenvalue weighted by molar-refractivity contribution is 5.80. The predicted octanol–water partition coefficient (Wildman–Crippen LogP) is 2.99. The zero-order chi connectivity index (χ0) is 21.2. The summed E-state index contributed by atoms with van der Waals surface area (Å²) in [4.78, 5) is 18.9. The van der Waals surface area contributed by atoms with Crippen LogP contribution < -0.4 is 10.6 Å². The fraction of sp³-hybridized carbons (Fsp3) is 0.905. The van der Waals surface area contributed by atoms with Crippen molar-refractivity contribution >= 4 is 12.1 Å². The minimum absolute atomic E-state index is 0.153. The smallest absolute Gasteiger partial charge is 0.410 e. The van der Waals surface area contributed by atoms with Crippen LogP contribution >= 0.6 is 0 Å². The monoisotopic (exact) mass is 398 g/mol. The molecule has 2 atom stereocenters. The lowest BCUT2D eigenvalue weighted by Gasteiger charge is -2.35. The SMILES string of the molecule is CCNC(=NCC(CCO)CC(C)C)NC1CCCN(C(=O)OC(C)(C)C)C1. The Kier molecular flexibility index (Phi) is 10.6. The quantitative estimate of drug-likeness (QED) is 0.432. The maximum absolute atomic E-state index is 12.4. The van der Waals surface area contributed by atoms with Crippen molar-refractivity contribution in [1.29, 1.82) is 0 Å². The van der Waals surface area contributed by atoms with Crippen LogP contribution in [0.1, 0.15) is 67.2 Å². The maximum Gasteiger partial charge on any atom is 0.410 e. The third-order valence-corrected chi connectivity index (χ3v) is 4.61. The number of piperidine rings is 1. The number of aliphatic hydroxyl groups is 1. The number of aliphatic imine (C=N–C) groups is 1. The number of hydrogen-bond donors (Lipinski definition) is 3. The van der Waals surface area contributed by atoms with Gasteiger partial charge in [0.15, 0.2) is 5.96 Å². The minimum Gasteiger partial charge on any atom is -0.444 e. The molecule has 0 spiro atoms. The number of ether oxygens (including phenoxy) is 1. The molecule has 0 aromatic carbocycles. The maximum atomic E-state index is 12.4. The zero-order valence-electron chi connectivity index (χ0n) is 18.8. The molecule has 1 saturated heterocycles. The van der Waals surface area contributed by atoms with Crippen molar-refractivity contribution in [3.05, 3.63) is 0 Å². The van der Waals surface area contributed by atoms with Crippen molar-refractivity contribution in [2.24, 2.45) is 16.8 Å². The molecule has 0 aromatic rings. The van der Waals surface area contributed by atoms with E-state index >= 15 is 0 Å². The van der Waals surface area contributed by atoms with Crippen LogP contribution in [-0.4, -0.2) is 66.5 Å². The van der Waals surface area contributed by atoms with Gasteiger partial charge in [-0.1, -0.05) is 13.8 Å². The first-order valence-corrected chi connectivity index (χ1v) is 10.8. The lowest BCUT2D eigenvalue weighted by Crippen LogP contribution is -2.53. The molecule has 7 nitrogen and oxygen atoms in total. The number of guanidine groups is 1. The van der Waals surface area contributed by atoms with E-state index in [-0.39, 0.29) is 18.7 Å². The number of nitrogens with one attached hydrogen (secondary N) is 2. The van der Waals surface area contributed by atoms with Gasteiger partial charge in [-0.15, -0.1) is 0 Å². The van der Waals surface area contributed by atoms with E-state index in [9.17, 15) is 9.90 Å². The van der Waals surface area contributed by atoms with E-state index in [0.717, 1.165) is 44.7 Å². The number of carbonyl (C=O) groups is 1. The van der Waals surface area contributed by atoms with Gasteiger partial charge in [-0.2, -0.15) is 0 Å². The lowest BCUT2D eigenvalue weighted by atomic mass is 9.94. The molecule has 1 fully saturated rings. The first-order valence-electron chi connectivity index (χ1n) is 10.8. The molecule has 0 radical (unpaired) electrons. The van der Waals surface area contributed by atoms with Crippen LogP contribution in [0.3, 0.4) is 0 Å². The third kappa shape index (κ3) is 10.2. The number of likely N-dealkylation sites (tertiary alicyclic amines) is 1. The van der Waals surface area contributed by atoms with Gasteiger partial charge in [-0.05, 0) is 65.2 Å². The number of nitrogens with zero attached hydrogens (tertiary/aromatic N) is 2. The van der Waals surface area contributed by atoms with E-state index in [2.05, 4.69) is 24.5 Å². The van der Waals surface area contributed by atoms with Crippen molar-refractivity contribution in [1.82, 2.24) is 15.5 Å². The fourth-order valence-corrected chi connectivity index (χ4v) is 3.45. The summed E-state index contributed by atoms with van der Waals surface area (Å²) in [5.74, 6) is 1.75. The second-order valence-electron chi connectivity index (χ2n) is 9.14. The molecule has 0 aromatic heterocycles. The number of rotatable bonds is 8. The van der Waals surface area contributed by atoms with Crippen molar-refractivity contribution in [3.8, 4) is 0 Å². The van der Waals surface area contributed by atoms with Crippen LogP contribution in [0, 0.1) is 11.8 Å². The Hall–Kier alpha value is -1.50. The van der Waals surface area contributed by atoms with Gasteiger partial charge in [0.25, 0.3) is 0 Å². The van der Waals surface area contributed by atoms with Gasteiger partial charge in [-0.25, -0.2) is 4.79 Å². The van der Waals surface area contributed by atoms with E-state index in [1.807, 2.05) is 27.7 Å². The Morgan fingerprint density at radius 3 is 2.64 bits per heavy atom. The van der Waals surface area contributed by atoms with Crippen molar-refractivity contribution < 1.29 is 14.6 Å². The highest BCUT2D eigenvalue weighted by atomic mass is 16.6. The summed E-state index contributed by atoms with van der Waals surface area (Å²) in [6.07, 6.45) is 3.52. The number of carbonyl (C=O) groups excluding carboxylic acids is 1. The number of amides is 1. The van der Waals surface area contributed by atoms with Crippen LogP contribution in [0.4, 0.5) is 4.79 Å². The van der Waals surface area contributed by atoms with Gasteiger partial charge in [0, 0.05) is 38.8 Å². The second kappa shape index (κ2) is 12.1. The van der Waals surface area contributed by atoms with Gasteiger partial charge in [-0.3, -0.25) is 4.99 Å². The van der Waals surface area contributed by atoms with Crippen LogP contribution in [0.15, 0.2) is 4.99 Å². The Morgan fingerprint density at radius 2 is 2.07 bits per heavy atom. The van der Waals surface area contributed by atoms with Crippen LogP contribution in [0.25, 0.3) is 0 Å². The Bertz CT molecular complexity index is 489. The molecule has 3 N–H and O–H groups in total. The second-order valence-corrected chi connectivity index (χ2v) is 9.14. The molecule has 0 bridgehead atoms. The number of aliphatic hydroxyl groups excluding tert-OH is 1. The Labute approximate surface area is 171 Å². The first-order chi connectivity index (χ1) is 13.1. The molecular formula is C21H42N4O3. The van der Waals surface area contributed by atoms with Gasteiger partial charge in [0.2, 0.25) is 0 Å². The van der Waals surface area contributed by atoms with E-state index in [4.69, 9.17) is 9.73 Å². The summed E-state index contributed by atoms with van der Waals surface area (Å²) in [5, 5.41) is 16.1. The topological polar surface area (TPSA) is 86.2 Å². The van der Waals surface area contributed by atoms with E-state index < -0.39 is 5.60 Å². The molecule has 1 aliphatic rings. The van der Waals surface area contributed by atoms with Gasteiger partial charge in [0.1, 0.15) is 5.60 Å². The molecule has 1 aliphatic heterocycles. The fourth-order valence-electron chi connectivity index (χ4n) is 3.45. The van der Waals surface area contributed by atoms with E-state index in [1.54, 1.807) is 4.90 Å². The molecule has 164 valence electrons. The summed E-state index contributed by atoms with van der Waals surface area (Å²) in [6.45, 7) is 15.1. The van der Waals surface area contributed by atoms with Gasteiger partial charge in [0.05, 0.1) is 0 Å². The Morgan fingerprint density at radius 1 is 1.36 bits per heavy atom. The van der Waals surface area contributed by atoms with Crippen molar-refractivity contribution in [2.75, 3.05) is 32.8 Å². The van der Waals surface area contributed by atoms with Crippen molar-refractivity contribution in [3.63, 3.8) is 0 Å². The zero-order valence-corrected chi connectivity index (χ0v) is 18.8. The largest absolute Gasteiger partial charge is 0.444 e. The summed E-state index contributed by atoms with van der Waals surface area (Å²) in [7, 11) is 0. The highest BCUT2D eigenvalue weighted by Crippen LogP contribution is 2.17. The van der Waals surface area contributed by atoms with Crippen LogP contribution in [0.2, 0.25) is 0 Å². The van der Waals surface area contributed by atoms with E-state index in [1.165, 1.54) is 0 Å². The normalized spacial score (nSPS) is 19.5. The van der Waals surface area contributed by atoms with Crippen LogP contribution in [0.5, 0.6) is 0 Å². The lowest BCUT2D eigenvalue weighted by molar-refractivity contribution is 0.0193. The molecule has 1 amide bonds. The molecule has 0 aliphatic carbocycles. The average molecular weight is 399 g/mol. The molecule has 1 rings (SSSR count). The molecular weight excluding hydrogens is 356 g/mol. The predicted molar refractivity (Wildman–Crippen MR) is 115 cm³/mol. The van der Waals surface area contributed by atoms with Gasteiger partial charge >= 0.3 is 6.09 Å². The molecule has 0 saturated carbocycles. The molecule has 28 heavy (non-hydrogen) atoms. The summed E-state index contributed by atoms with van der Waals surface area (Å²) in [5.41, 5.74) is -0.480. The van der Waals surface area contributed by atoms with Crippen molar-refractivity contribution in [2.45, 2.75) is 78.9 Å². The first kappa shape index (κ1) is 24.5. The third-order valence-electron chi connectivity index (χ3n) is 4.61. The average Bonchev–Trinajstić information content (AvgIpc) is 2.58.